The van der Waals surface area contributed by atoms with E-state index in [4.69, 9.17) is 4.98 Å². The molecule has 1 aliphatic heterocycles. The Morgan fingerprint density at radius 1 is 0.909 bits per heavy atom. The third-order valence-electron chi connectivity index (χ3n) is 9.37. The smallest absolute Gasteiger partial charge is 0.250 e. The average molecular weight is 588 g/mol. The standard InChI is InChI=1S/C36H41N7O/c1-9-31(44)41(7)35-22(2)10-15-28(24(35)4)33-32-23(3)29(30-21-38-42(8)25(30)5)20-37-36(32)39-34(33)26-11-13-27(14-12-26)43-18-16-40(6)17-19-43/h9-15,20-21H,1,16-19H2,2-8H3,(H,37,39). The van der Waals surface area contributed by atoms with Gasteiger partial charge in [-0.3, -0.25) is 9.48 Å². The number of aromatic nitrogens is 4. The largest absolute Gasteiger partial charge is 0.369 e. The molecule has 0 atom stereocenters. The molecule has 6 rings (SSSR count). The van der Waals surface area contributed by atoms with Gasteiger partial charge in [-0.2, -0.15) is 5.10 Å². The van der Waals surface area contributed by atoms with Gasteiger partial charge in [0.1, 0.15) is 5.65 Å². The third-order valence-corrected chi connectivity index (χ3v) is 9.37. The van der Waals surface area contributed by atoms with Gasteiger partial charge >= 0.3 is 0 Å². The number of rotatable bonds is 6. The number of fused-ring (bicyclic) bond motifs is 1. The van der Waals surface area contributed by atoms with Gasteiger partial charge in [0.05, 0.1) is 17.6 Å². The molecule has 0 unspecified atom stereocenters. The third kappa shape index (κ3) is 4.89. The maximum atomic E-state index is 12.8. The summed E-state index contributed by atoms with van der Waals surface area (Å²) in [4.78, 5) is 27.9. The van der Waals surface area contributed by atoms with Crippen LogP contribution in [0.1, 0.15) is 22.4 Å². The quantitative estimate of drug-likeness (QED) is 0.232. The molecule has 0 saturated carbocycles. The number of pyridine rings is 1. The number of amides is 1. The monoisotopic (exact) mass is 587 g/mol. The van der Waals surface area contributed by atoms with E-state index in [2.05, 4.69) is 90.7 Å². The van der Waals surface area contributed by atoms with Crippen molar-refractivity contribution in [1.82, 2.24) is 24.6 Å². The van der Waals surface area contributed by atoms with Crippen molar-refractivity contribution in [3.05, 3.63) is 83.8 Å². The van der Waals surface area contributed by atoms with Gasteiger partial charge in [-0.15, -0.1) is 0 Å². The summed E-state index contributed by atoms with van der Waals surface area (Å²) in [5.41, 5.74) is 13.6. The molecule has 3 aromatic heterocycles. The fourth-order valence-corrected chi connectivity index (χ4v) is 6.60. The second kappa shape index (κ2) is 11.4. The van der Waals surface area contributed by atoms with Crippen LogP contribution in [0.25, 0.3) is 44.5 Å². The van der Waals surface area contributed by atoms with Gasteiger partial charge in [0.2, 0.25) is 5.91 Å². The topological polar surface area (TPSA) is 73.3 Å². The molecule has 0 bridgehead atoms. The summed E-state index contributed by atoms with van der Waals surface area (Å²) in [5, 5.41) is 5.58. The van der Waals surface area contributed by atoms with E-state index in [0.717, 1.165) is 98.8 Å². The van der Waals surface area contributed by atoms with Crippen molar-refractivity contribution < 1.29 is 4.79 Å². The molecule has 0 spiro atoms. The predicted octanol–water partition coefficient (Wildman–Crippen LogP) is 6.43. The second-order valence-corrected chi connectivity index (χ2v) is 12.0. The number of hydrogen-bond acceptors (Lipinski definition) is 5. The number of aryl methyl sites for hydroxylation is 3. The summed E-state index contributed by atoms with van der Waals surface area (Å²) < 4.78 is 1.90. The van der Waals surface area contributed by atoms with E-state index >= 15 is 0 Å². The van der Waals surface area contributed by atoms with Crippen LogP contribution in [-0.2, 0) is 11.8 Å². The first kappa shape index (κ1) is 29.4. The zero-order valence-electron chi connectivity index (χ0n) is 26.8. The minimum Gasteiger partial charge on any atom is -0.369 e. The van der Waals surface area contributed by atoms with E-state index in [1.807, 2.05) is 38.1 Å². The van der Waals surface area contributed by atoms with E-state index in [1.54, 1.807) is 4.90 Å². The van der Waals surface area contributed by atoms with E-state index in [-0.39, 0.29) is 5.91 Å². The molecule has 1 fully saturated rings. The second-order valence-electron chi connectivity index (χ2n) is 12.0. The van der Waals surface area contributed by atoms with E-state index in [1.165, 1.54) is 11.8 Å². The summed E-state index contributed by atoms with van der Waals surface area (Å²) in [7, 11) is 5.95. The zero-order chi connectivity index (χ0) is 31.3. The molecule has 2 aromatic carbocycles. The number of benzene rings is 2. The lowest BCUT2D eigenvalue weighted by Crippen LogP contribution is -2.44. The molecule has 226 valence electrons. The fraction of sp³-hybridized carbons (Fsp3) is 0.306. The average Bonchev–Trinajstić information content (AvgIpc) is 3.57. The first-order chi connectivity index (χ1) is 21.1. The number of nitrogens with zero attached hydrogens (tertiary/aromatic N) is 6. The molecular weight excluding hydrogens is 546 g/mol. The molecule has 8 nitrogen and oxygen atoms in total. The molecule has 8 heteroatoms. The van der Waals surface area contributed by atoms with Crippen LogP contribution in [0.15, 0.2) is 61.4 Å². The Bertz CT molecular complexity index is 1890. The Labute approximate surface area is 259 Å². The number of likely N-dealkylation sites (N-methyl/N-ethyl adjacent to an activating group) is 2. The van der Waals surface area contributed by atoms with Crippen LogP contribution >= 0.6 is 0 Å². The lowest BCUT2D eigenvalue weighted by molar-refractivity contribution is -0.113. The van der Waals surface area contributed by atoms with Crippen LogP contribution in [-0.4, -0.2) is 70.8 Å². The molecule has 4 heterocycles. The lowest BCUT2D eigenvalue weighted by Gasteiger charge is -2.34. The highest BCUT2D eigenvalue weighted by Gasteiger charge is 2.25. The van der Waals surface area contributed by atoms with E-state index in [0.29, 0.717) is 0 Å². The Hall–Kier alpha value is -4.69. The van der Waals surface area contributed by atoms with Gasteiger partial charge in [-0.05, 0) is 80.8 Å². The van der Waals surface area contributed by atoms with Crippen molar-refractivity contribution in [1.29, 1.82) is 0 Å². The molecule has 0 aliphatic carbocycles. The minimum absolute atomic E-state index is 0.140. The van der Waals surface area contributed by atoms with Crippen molar-refractivity contribution in [2.24, 2.45) is 7.05 Å². The first-order valence-electron chi connectivity index (χ1n) is 15.2. The number of aromatic amines is 1. The molecule has 5 aromatic rings. The number of hydrogen-bond donors (Lipinski definition) is 1. The van der Waals surface area contributed by atoms with Crippen molar-refractivity contribution in [3.8, 4) is 33.5 Å². The van der Waals surface area contributed by atoms with Crippen LogP contribution in [0.2, 0.25) is 0 Å². The van der Waals surface area contributed by atoms with Gasteiger partial charge in [0.15, 0.2) is 0 Å². The maximum absolute atomic E-state index is 12.8. The van der Waals surface area contributed by atoms with Crippen LogP contribution in [0.3, 0.4) is 0 Å². The summed E-state index contributed by atoms with van der Waals surface area (Å²) in [6, 6.07) is 13.1. The van der Waals surface area contributed by atoms with Gasteiger partial charge in [-0.1, -0.05) is 30.8 Å². The van der Waals surface area contributed by atoms with Crippen LogP contribution in [0.4, 0.5) is 11.4 Å². The molecule has 1 saturated heterocycles. The SMILES string of the molecule is C=CC(=O)N(C)c1c(C)ccc(-c2c(-c3ccc(N4CCN(C)CC4)cc3)[nH]c3ncc(-c4cnn(C)c4C)c(C)c23)c1C. The van der Waals surface area contributed by atoms with E-state index in [9.17, 15) is 4.79 Å². The summed E-state index contributed by atoms with van der Waals surface area (Å²) in [5.74, 6) is -0.140. The van der Waals surface area contributed by atoms with Gasteiger partial charge in [-0.25, -0.2) is 4.98 Å². The van der Waals surface area contributed by atoms with Crippen LogP contribution < -0.4 is 9.80 Å². The van der Waals surface area contributed by atoms with Crippen molar-refractivity contribution >= 4 is 28.3 Å². The number of nitrogens with one attached hydrogen (secondary N) is 1. The number of carbonyl (C=O) groups excluding carboxylic acids is 1. The minimum atomic E-state index is -0.140. The predicted molar refractivity (Wildman–Crippen MR) is 181 cm³/mol. The molecule has 44 heavy (non-hydrogen) atoms. The van der Waals surface area contributed by atoms with Crippen molar-refractivity contribution in [3.63, 3.8) is 0 Å². The summed E-state index contributed by atoms with van der Waals surface area (Å²) >= 11 is 0. The number of carbonyl (C=O) groups is 1. The zero-order valence-corrected chi connectivity index (χ0v) is 26.8. The Balaban J connectivity index is 1.58. The normalized spacial score (nSPS) is 13.9. The summed E-state index contributed by atoms with van der Waals surface area (Å²) in [6.45, 7) is 16.3. The molecule has 1 N–H and O–H groups in total. The van der Waals surface area contributed by atoms with Crippen molar-refractivity contribution in [2.75, 3.05) is 50.1 Å². The first-order valence-corrected chi connectivity index (χ1v) is 15.2. The van der Waals surface area contributed by atoms with Crippen LogP contribution in [0, 0.1) is 27.7 Å². The number of piperazine rings is 1. The van der Waals surface area contributed by atoms with Gasteiger partial charge < -0.3 is 19.7 Å². The fourth-order valence-electron chi connectivity index (χ4n) is 6.60. The van der Waals surface area contributed by atoms with Crippen LogP contribution in [0.5, 0.6) is 0 Å². The molecule has 0 radical (unpaired) electrons. The number of anilines is 2. The summed E-state index contributed by atoms with van der Waals surface area (Å²) in [6.07, 6.45) is 5.23. The van der Waals surface area contributed by atoms with E-state index < -0.39 is 0 Å². The molecular formula is C36H41N7O. The molecule has 1 aliphatic rings. The maximum Gasteiger partial charge on any atom is 0.250 e. The van der Waals surface area contributed by atoms with Gasteiger partial charge in [0, 0.05) is 79.9 Å². The Morgan fingerprint density at radius 2 is 1.61 bits per heavy atom. The molecule has 1 amide bonds. The lowest BCUT2D eigenvalue weighted by atomic mass is 9.90. The Morgan fingerprint density at radius 3 is 2.25 bits per heavy atom. The van der Waals surface area contributed by atoms with Gasteiger partial charge in [0.25, 0.3) is 0 Å². The number of H-pyrrole nitrogens is 1. The Kier molecular flexibility index (Phi) is 7.63. The highest BCUT2D eigenvalue weighted by molar-refractivity contribution is 6.08. The highest BCUT2D eigenvalue weighted by atomic mass is 16.2. The van der Waals surface area contributed by atoms with Crippen molar-refractivity contribution in [2.45, 2.75) is 27.7 Å². The highest BCUT2D eigenvalue weighted by Crippen LogP contribution is 2.45.